The lowest BCUT2D eigenvalue weighted by Gasteiger charge is -2.13. The predicted molar refractivity (Wildman–Crippen MR) is 109 cm³/mol. The molecule has 128 valence electrons. The highest BCUT2D eigenvalue weighted by Crippen LogP contribution is 2.37. The molecule has 2 aromatic carbocycles. The van der Waals surface area contributed by atoms with Gasteiger partial charge in [0.1, 0.15) is 12.1 Å². The summed E-state index contributed by atoms with van der Waals surface area (Å²) in [5.74, 6) is 0.789. The number of aromatic nitrogens is 2. The zero-order valence-corrected chi connectivity index (χ0v) is 17.7. The molecule has 0 amide bonds. The summed E-state index contributed by atoms with van der Waals surface area (Å²) in [6.45, 7) is 4.18. The zero-order valence-electron chi connectivity index (χ0n) is 12.9. The van der Waals surface area contributed by atoms with Crippen LogP contribution in [0, 0.1) is 13.8 Å². The van der Waals surface area contributed by atoms with Crippen molar-refractivity contribution in [2.75, 3.05) is 5.32 Å². The molecule has 0 unspecified atom stereocenters. The first-order valence-electron chi connectivity index (χ1n) is 6.59. The Morgan fingerprint density at radius 3 is 2.04 bits per heavy atom. The number of hydrogen-bond acceptors (Lipinski definition) is 3. The van der Waals surface area contributed by atoms with Crippen molar-refractivity contribution in [1.29, 1.82) is 0 Å². The van der Waals surface area contributed by atoms with Crippen LogP contribution < -0.4 is 5.32 Å². The van der Waals surface area contributed by atoms with Gasteiger partial charge in [0.15, 0.2) is 0 Å². The second-order valence-corrected chi connectivity index (χ2v) is 7.67. The Labute approximate surface area is 164 Å². The van der Waals surface area contributed by atoms with E-state index in [0.29, 0.717) is 0 Å². The smallest absolute Gasteiger partial charge is 0.141 e. The fourth-order valence-corrected chi connectivity index (χ4v) is 4.65. The van der Waals surface area contributed by atoms with Crippen LogP contribution in [0.2, 0.25) is 0 Å². The molecular formula is C16H16Br3N3O2. The second kappa shape index (κ2) is 8.35. The highest BCUT2D eigenvalue weighted by atomic mass is 79.9. The van der Waals surface area contributed by atoms with Gasteiger partial charge in [0, 0.05) is 18.8 Å². The van der Waals surface area contributed by atoms with Crippen LogP contribution in [0.5, 0.6) is 0 Å². The maximum absolute atomic E-state index is 4.40. The van der Waals surface area contributed by atoms with Crippen molar-refractivity contribution >= 4 is 70.2 Å². The Hall–Kier alpha value is -1.06. The molecule has 0 aliphatic carbocycles. The van der Waals surface area contributed by atoms with Crippen LogP contribution in [0.25, 0.3) is 10.9 Å². The minimum atomic E-state index is 0. The third-order valence-corrected chi connectivity index (χ3v) is 5.21. The summed E-state index contributed by atoms with van der Waals surface area (Å²) >= 11 is 10.6. The maximum Gasteiger partial charge on any atom is 0.141 e. The van der Waals surface area contributed by atoms with Gasteiger partial charge in [-0.2, -0.15) is 0 Å². The number of anilines is 2. The van der Waals surface area contributed by atoms with Gasteiger partial charge in [0.05, 0.1) is 11.2 Å². The van der Waals surface area contributed by atoms with Gasteiger partial charge in [0.25, 0.3) is 0 Å². The van der Waals surface area contributed by atoms with E-state index in [0.717, 1.165) is 35.8 Å². The average Bonchev–Trinajstić information content (AvgIpc) is 2.44. The van der Waals surface area contributed by atoms with Crippen molar-refractivity contribution in [3.05, 3.63) is 55.1 Å². The fraction of sp³-hybridized carbons (Fsp3) is 0.125. The molecule has 5 N–H and O–H groups in total. The summed E-state index contributed by atoms with van der Waals surface area (Å²) in [7, 11) is 0. The first kappa shape index (κ1) is 21.0. The molecule has 3 rings (SSSR count). The van der Waals surface area contributed by atoms with Gasteiger partial charge in [-0.15, -0.1) is 0 Å². The Kier molecular flexibility index (Phi) is 7.30. The first-order chi connectivity index (χ1) is 10.5. The van der Waals surface area contributed by atoms with Gasteiger partial charge in [-0.1, -0.05) is 15.9 Å². The average molecular weight is 522 g/mol. The molecule has 5 nitrogen and oxygen atoms in total. The largest absolute Gasteiger partial charge is 0.412 e. The molecule has 0 aliphatic rings. The standard InChI is InChI=1S/C16H12Br3N3.2H2O/c1-8-3-11-14(4-9(8)2)20-7-21-16(11)22-15-12(18)5-10(17)6-13(15)19;;/h3-7H,1-2H3,(H,20,21,22);2*1H2. The molecule has 0 radical (unpaired) electrons. The first-order valence-corrected chi connectivity index (χ1v) is 8.97. The van der Waals surface area contributed by atoms with Crippen LogP contribution in [-0.4, -0.2) is 20.9 Å². The lowest BCUT2D eigenvalue weighted by molar-refractivity contribution is 0.823. The molecule has 24 heavy (non-hydrogen) atoms. The monoisotopic (exact) mass is 519 g/mol. The Morgan fingerprint density at radius 2 is 1.42 bits per heavy atom. The molecule has 3 aromatic rings. The minimum absolute atomic E-state index is 0. The van der Waals surface area contributed by atoms with E-state index in [2.05, 4.69) is 89.1 Å². The van der Waals surface area contributed by atoms with E-state index in [1.54, 1.807) is 6.33 Å². The van der Waals surface area contributed by atoms with E-state index < -0.39 is 0 Å². The van der Waals surface area contributed by atoms with Crippen molar-refractivity contribution < 1.29 is 11.0 Å². The topological polar surface area (TPSA) is 101 Å². The Bertz CT molecular complexity index is 865. The van der Waals surface area contributed by atoms with Crippen LogP contribution in [0.15, 0.2) is 44.0 Å². The SMILES string of the molecule is Cc1cc2ncnc(Nc3c(Br)cc(Br)cc3Br)c2cc1C.O.O. The van der Waals surface area contributed by atoms with Crippen molar-refractivity contribution in [2.45, 2.75) is 13.8 Å². The van der Waals surface area contributed by atoms with Crippen molar-refractivity contribution in [3.63, 3.8) is 0 Å². The van der Waals surface area contributed by atoms with E-state index >= 15 is 0 Å². The number of fused-ring (bicyclic) bond motifs is 1. The summed E-state index contributed by atoms with van der Waals surface area (Å²) in [5.41, 5.74) is 4.31. The molecule has 0 atom stereocenters. The molecule has 0 saturated heterocycles. The summed E-state index contributed by atoms with van der Waals surface area (Å²) in [6.07, 6.45) is 1.58. The third kappa shape index (κ3) is 4.12. The molecule has 1 aromatic heterocycles. The van der Waals surface area contributed by atoms with Crippen LogP contribution in [0.4, 0.5) is 11.5 Å². The third-order valence-electron chi connectivity index (χ3n) is 3.50. The van der Waals surface area contributed by atoms with Gasteiger partial charge < -0.3 is 16.3 Å². The predicted octanol–water partition coefficient (Wildman–Crippen LogP) is 4.63. The number of nitrogens with one attached hydrogen (secondary N) is 1. The number of nitrogens with zero attached hydrogens (tertiary/aromatic N) is 2. The molecule has 0 saturated carbocycles. The van der Waals surface area contributed by atoms with Gasteiger partial charge in [-0.25, -0.2) is 9.97 Å². The molecule has 1 heterocycles. The number of rotatable bonds is 2. The fourth-order valence-electron chi connectivity index (χ4n) is 2.20. The summed E-state index contributed by atoms with van der Waals surface area (Å²) in [4.78, 5) is 8.76. The van der Waals surface area contributed by atoms with E-state index in [-0.39, 0.29) is 11.0 Å². The summed E-state index contributed by atoms with van der Waals surface area (Å²) in [6, 6.07) is 8.19. The highest BCUT2D eigenvalue weighted by Gasteiger charge is 2.11. The maximum atomic E-state index is 4.40. The van der Waals surface area contributed by atoms with Crippen LogP contribution >= 0.6 is 47.8 Å². The van der Waals surface area contributed by atoms with Crippen molar-refractivity contribution in [1.82, 2.24) is 9.97 Å². The molecule has 0 fully saturated rings. The number of benzene rings is 2. The van der Waals surface area contributed by atoms with E-state index in [1.165, 1.54) is 11.1 Å². The number of hydrogen-bond donors (Lipinski definition) is 1. The normalized spacial score (nSPS) is 10.0. The van der Waals surface area contributed by atoms with Gasteiger partial charge in [-0.3, -0.25) is 0 Å². The number of halogens is 3. The zero-order chi connectivity index (χ0) is 15.9. The van der Waals surface area contributed by atoms with E-state index in [1.807, 2.05) is 12.1 Å². The summed E-state index contributed by atoms with van der Waals surface area (Å²) < 4.78 is 2.89. The lowest BCUT2D eigenvalue weighted by Crippen LogP contribution is -1.98. The Balaban J connectivity index is 0.00000144. The molecule has 8 heteroatoms. The van der Waals surface area contributed by atoms with Crippen LogP contribution in [0.3, 0.4) is 0 Å². The van der Waals surface area contributed by atoms with E-state index in [9.17, 15) is 0 Å². The second-order valence-electron chi connectivity index (χ2n) is 5.05. The quantitative estimate of drug-likeness (QED) is 0.532. The van der Waals surface area contributed by atoms with Crippen LogP contribution in [-0.2, 0) is 0 Å². The molecule has 0 bridgehead atoms. The van der Waals surface area contributed by atoms with Gasteiger partial charge in [0.2, 0.25) is 0 Å². The van der Waals surface area contributed by atoms with E-state index in [4.69, 9.17) is 0 Å². The molecular weight excluding hydrogens is 506 g/mol. The minimum Gasteiger partial charge on any atom is -0.412 e. The van der Waals surface area contributed by atoms with Gasteiger partial charge >= 0.3 is 0 Å². The molecule has 0 aliphatic heterocycles. The van der Waals surface area contributed by atoms with Crippen molar-refractivity contribution in [2.24, 2.45) is 0 Å². The lowest BCUT2D eigenvalue weighted by atomic mass is 10.1. The van der Waals surface area contributed by atoms with Crippen LogP contribution in [0.1, 0.15) is 11.1 Å². The summed E-state index contributed by atoms with van der Waals surface area (Å²) in [5, 5.41) is 4.40. The Morgan fingerprint density at radius 1 is 0.833 bits per heavy atom. The van der Waals surface area contributed by atoms with Gasteiger partial charge in [-0.05, 0) is 81.1 Å². The highest BCUT2D eigenvalue weighted by molar-refractivity contribution is 9.11. The molecule has 0 spiro atoms. The van der Waals surface area contributed by atoms with Crippen molar-refractivity contribution in [3.8, 4) is 0 Å². The number of aryl methyl sites for hydroxylation is 2.